The molecule has 6 rings (SSSR count). The number of rotatable bonds is 8. The van der Waals surface area contributed by atoms with Gasteiger partial charge in [0, 0.05) is 23.3 Å². The van der Waals surface area contributed by atoms with Crippen molar-refractivity contribution < 1.29 is 28.7 Å². The maximum Gasteiger partial charge on any atom is 0.299 e. The highest BCUT2D eigenvalue weighted by Crippen LogP contribution is 2.35. The molecule has 0 fully saturated rings. The van der Waals surface area contributed by atoms with Crippen molar-refractivity contribution in [1.82, 2.24) is 4.90 Å². The molecule has 0 radical (unpaired) electrons. The monoisotopic (exact) mass is 595 g/mol. The Hall–Kier alpha value is -5.15. The van der Waals surface area contributed by atoms with Gasteiger partial charge in [-0.15, -0.1) is 0 Å². The average molecular weight is 596 g/mol. The van der Waals surface area contributed by atoms with Gasteiger partial charge in [0.15, 0.2) is 11.5 Å². The summed E-state index contributed by atoms with van der Waals surface area (Å²) in [5.74, 6) is -1.44. The maximum absolute atomic E-state index is 14.2. The van der Waals surface area contributed by atoms with Gasteiger partial charge in [-0.2, -0.15) is 0 Å². The van der Waals surface area contributed by atoms with E-state index < -0.39 is 36.1 Å². The van der Waals surface area contributed by atoms with Gasteiger partial charge in [-0.05, 0) is 60.0 Å². The van der Waals surface area contributed by atoms with Crippen LogP contribution in [0.5, 0.6) is 11.5 Å². The number of carbonyl (C=O) groups excluding carboxylic acids is 4. The van der Waals surface area contributed by atoms with Crippen molar-refractivity contribution >= 4 is 46.5 Å². The Morgan fingerprint density at radius 2 is 1.65 bits per heavy atom. The number of ketones is 1. The Morgan fingerprint density at radius 1 is 0.930 bits per heavy atom. The number of aryl methyl sites for hydroxylation is 1. The minimum absolute atomic E-state index is 0.0605. The van der Waals surface area contributed by atoms with E-state index in [9.17, 15) is 19.2 Å². The van der Waals surface area contributed by atoms with E-state index in [0.717, 1.165) is 11.1 Å². The van der Waals surface area contributed by atoms with Gasteiger partial charge in [0.1, 0.15) is 12.6 Å². The lowest BCUT2D eigenvalue weighted by molar-refractivity contribution is -0.139. The minimum atomic E-state index is -1.13. The fourth-order valence-corrected chi connectivity index (χ4v) is 5.35. The molecule has 4 aromatic rings. The predicted molar refractivity (Wildman–Crippen MR) is 160 cm³/mol. The summed E-state index contributed by atoms with van der Waals surface area (Å²) in [6.45, 7) is 1.63. The van der Waals surface area contributed by atoms with Crippen LogP contribution in [0.4, 0.5) is 11.4 Å². The van der Waals surface area contributed by atoms with Crippen molar-refractivity contribution in [2.75, 3.05) is 23.6 Å². The molecule has 1 atom stereocenters. The summed E-state index contributed by atoms with van der Waals surface area (Å²) in [5, 5.41) is 3.38. The van der Waals surface area contributed by atoms with E-state index in [0.29, 0.717) is 33.5 Å². The van der Waals surface area contributed by atoms with Gasteiger partial charge in [-0.3, -0.25) is 24.1 Å². The summed E-state index contributed by atoms with van der Waals surface area (Å²) in [6.07, 6.45) is 0. The second-order valence-electron chi connectivity index (χ2n) is 10.2. The molecule has 0 aromatic heterocycles. The molecule has 43 heavy (non-hydrogen) atoms. The second kappa shape index (κ2) is 11.6. The van der Waals surface area contributed by atoms with Gasteiger partial charge >= 0.3 is 0 Å². The number of para-hydroxylation sites is 1. The van der Waals surface area contributed by atoms with Crippen molar-refractivity contribution in [2.45, 2.75) is 19.5 Å². The van der Waals surface area contributed by atoms with Gasteiger partial charge in [0.25, 0.3) is 17.6 Å². The van der Waals surface area contributed by atoms with E-state index in [1.807, 2.05) is 31.2 Å². The lowest BCUT2D eigenvalue weighted by Crippen LogP contribution is -2.46. The largest absolute Gasteiger partial charge is 0.454 e. The highest BCUT2D eigenvalue weighted by Gasteiger charge is 2.39. The summed E-state index contributed by atoms with van der Waals surface area (Å²) in [7, 11) is 0. The molecule has 10 heteroatoms. The van der Waals surface area contributed by atoms with Gasteiger partial charge in [0.2, 0.25) is 12.7 Å². The van der Waals surface area contributed by atoms with Crippen LogP contribution >= 0.6 is 11.6 Å². The quantitative estimate of drug-likeness (QED) is 0.277. The highest BCUT2D eigenvalue weighted by molar-refractivity contribution is 6.52. The first-order valence-corrected chi connectivity index (χ1v) is 13.9. The zero-order valence-electron chi connectivity index (χ0n) is 23.1. The molecule has 9 nitrogen and oxygen atoms in total. The smallest absolute Gasteiger partial charge is 0.299 e. The minimum Gasteiger partial charge on any atom is -0.454 e. The number of anilines is 2. The van der Waals surface area contributed by atoms with Crippen molar-refractivity contribution in [3.05, 3.63) is 118 Å². The summed E-state index contributed by atoms with van der Waals surface area (Å²) < 4.78 is 10.8. The van der Waals surface area contributed by atoms with Crippen molar-refractivity contribution in [1.29, 1.82) is 0 Å². The van der Waals surface area contributed by atoms with Crippen molar-refractivity contribution in [3.8, 4) is 11.5 Å². The van der Waals surface area contributed by atoms with Gasteiger partial charge in [-0.1, -0.05) is 60.1 Å². The van der Waals surface area contributed by atoms with Crippen LogP contribution in [0.3, 0.4) is 0 Å². The topological polar surface area (TPSA) is 105 Å². The van der Waals surface area contributed by atoms with Gasteiger partial charge in [-0.25, -0.2) is 0 Å². The van der Waals surface area contributed by atoms with Crippen molar-refractivity contribution in [2.24, 2.45) is 0 Å². The number of fused-ring (bicyclic) bond motifs is 2. The predicted octanol–water partition coefficient (Wildman–Crippen LogP) is 5.32. The molecule has 0 bridgehead atoms. The molecule has 0 aliphatic carbocycles. The van der Waals surface area contributed by atoms with Crippen LogP contribution in [-0.2, 0) is 20.9 Å². The van der Waals surface area contributed by atoms with Crippen LogP contribution in [0, 0.1) is 6.92 Å². The molecule has 2 aliphatic rings. The number of hydrogen-bond acceptors (Lipinski definition) is 6. The van der Waals surface area contributed by atoms with E-state index in [4.69, 9.17) is 21.1 Å². The van der Waals surface area contributed by atoms with E-state index in [2.05, 4.69) is 5.32 Å². The molecule has 4 aromatic carbocycles. The Labute approximate surface area is 252 Å². The number of ether oxygens (including phenoxy) is 2. The fraction of sp³-hybridized carbons (Fsp3) is 0.152. The van der Waals surface area contributed by atoms with E-state index >= 15 is 0 Å². The molecular formula is C33H26ClN3O6. The summed E-state index contributed by atoms with van der Waals surface area (Å²) in [4.78, 5) is 56.6. The molecule has 2 heterocycles. The van der Waals surface area contributed by atoms with Crippen LogP contribution in [0.1, 0.15) is 33.1 Å². The Kier molecular flexibility index (Phi) is 7.56. The van der Waals surface area contributed by atoms with Crippen LogP contribution in [0.2, 0.25) is 5.02 Å². The normalized spacial score (nSPS) is 14.0. The van der Waals surface area contributed by atoms with Crippen molar-refractivity contribution in [3.63, 3.8) is 0 Å². The third-order valence-electron chi connectivity index (χ3n) is 7.48. The number of halogens is 1. The van der Waals surface area contributed by atoms with Crippen LogP contribution < -0.4 is 19.7 Å². The van der Waals surface area contributed by atoms with E-state index in [1.165, 1.54) is 9.80 Å². The van der Waals surface area contributed by atoms with E-state index in [1.54, 1.807) is 66.7 Å². The molecule has 0 saturated carbocycles. The lowest BCUT2D eigenvalue weighted by atomic mass is 10.0. The molecule has 0 saturated heterocycles. The number of carbonyl (C=O) groups is 4. The molecule has 2 aliphatic heterocycles. The summed E-state index contributed by atoms with van der Waals surface area (Å²) in [6, 6.07) is 24.6. The zero-order valence-corrected chi connectivity index (χ0v) is 23.8. The standard InChI is InChI=1S/C33H26ClN3O6/c1-20-6-2-3-7-22(20)17-37(29(38)18-36-26-9-5-4-8-25(26)31(39)33(36)41)30(21-10-12-23(34)13-11-21)32(40)35-24-14-15-27-28(16-24)43-19-42-27/h2-16,30H,17-19H2,1H3,(H,35,40)/t30-/m0/s1. The number of nitrogens with zero attached hydrogens (tertiary/aromatic N) is 2. The summed E-state index contributed by atoms with van der Waals surface area (Å²) >= 11 is 6.18. The fourth-order valence-electron chi connectivity index (χ4n) is 5.23. The number of benzene rings is 4. The van der Waals surface area contributed by atoms with Crippen LogP contribution in [-0.4, -0.2) is 41.7 Å². The number of hydrogen-bond donors (Lipinski definition) is 1. The second-order valence-corrected chi connectivity index (χ2v) is 10.6. The maximum atomic E-state index is 14.2. The first kappa shape index (κ1) is 28.0. The number of Topliss-reactive ketones (excluding diaryl/α,β-unsaturated/α-hetero) is 1. The van der Waals surface area contributed by atoms with E-state index in [-0.39, 0.29) is 18.9 Å². The highest BCUT2D eigenvalue weighted by atomic mass is 35.5. The lowest BCUT2D eigenvalue weighted by Gasteiger charge is -2.33. The Morgan fingerprint density at radius 3 is 2.44 bits per heavy atom. The molecule has 216 valence electrons. The Bertz CT molecular complexity index is 1760. The third kappa shape index (κ3) is 5.54. The molecule has 0 spiro atoms. The third-order valence-corrected chi connectivity index (χ3v) is 7.73. The SMILES string of the molecule is Cc1ccccc1CN(C(=O)CN1C(=O)C(=O)c2ccccc21)[C@H](C(=O)Nc1ccc2c(c1)OCO2)c1ccc(Cl)cc1. The first-order valence-electron chi connectivity index (χ1n) is 13.6. The number of amides is 3. The Balaban J connectivity index is 1.39. The van der Waals surface area contributed by atoms with Gasteiger partial charge < -0.3 is 19.7 Å². The van der Waals surface area contributed by atoms with Crippen LogP contribution in [0.25, 0.3) is 0 Å². The summed E-state index contributed by atoms with van der Waals surface area (Å²) in [5.41, 5.74) is 3.29. The molecule has 3 amide bonds. The molecule has 0 unspecified atom stereocenters. The van der Waals surface area contributed by atoms with Crippen LogP contribution in [0.15, 0.2) is 91.0 Å². The average Bonchev–Trinajstić information content (AvgIpc) is 3.57. The zero-order chi connectivity index (χ0) is 30.1. The first-order chi connectivity index (χ1) is 20.8. The molecule has 1 N–H and O–H groups in total. The van der Waals surface area contributed by atoms with Gasteiger partial charge in [0.05, 0.1) is 11.3 Å². The number of nitrogens with one attached hydrogen (secondary N) is 1. The molecular weight excluding hydrogens is 570 g/mol.